The Morgan fingerprint density at radius 2 is 1.79 bits per heavy atom. The Morgan fingerprint density at radius 3 is 2.41 bits per heavy atom. The number of aryl methyl sites for hydroxylation is 1. The highest BCUT2D eigenvalue weighted by Gasteiger charge is 2.31. The molecule has 2 aromatic carbocycles. The molecular formula is C23H30N2O3S. The lowest BCUT2D eigenvalue weighted by Gasteiger charge is -2.39. The van der Waals surface area contributed by atoms with E-state index in [1.54, 1.807) is 14.2 Å². The maximum absolute atomic E-state index is 6.19. The Labute approximate surface area is 179 Å². The van der Waals surface area contributed by atoms with Crippen LogP contribution in [0, 0.1) is 0 Å². The van der Waals surface area contributed by atoms with Crippen molar-refractivity contribution in [2.24, 2.45) is 0 Å². The van der Waals surface area contributed by atoms with Crippen molar-refractivity contribution in [1.29, 1.82) is 0 Å². The molecule has 6 heteroatoms. The molecule has 1 heterocycles. The number of fused-ring (bicyclic) bond motifs is 1. The van der Waals surface area contributed by atoms with E-state index in [0.29, 0.717) is 6.61 Å². The van der Waals surface area contributed by atoms with E-state index in [1.807, 2.05) is 12.1 Å². The first kappa shape index (κ1) is 21.2. The molecule has 0 radical (unpaired) electrons. The van der Waals surface area contributed by atoms with Crippen LogP contribution in [0.5, 0.6) is 17.2 Å². The molecule has 3 rings (SSSR count). The molecule has 156 valence electrons. The second kappa shape index (κ2) is 9.83. The normalized spacial score (nSPS) is 15.4. The SMILES string of the molecule is CCNC(=S)N1CCc2cc(OC)c(OC)cc2[C@H]1COc1ccc(CC)cc1. The van der Waals surface area contributed by atoms with Gasteiger partial charge in [-0.25, -0.2) is 0 Å². The van der Waals surface area contributed by atoms with Crippen molar-refractivity contribution >= 4 is 17.3 Å². The summed E-state index contributed by atoms with van der Waals surface area (Å²) in [5.74, 6) is 2.34. The maximum atomic E-state index is 6.19. The zero-order chi connectivity index (χ0) is 20.8. The molecule has 0 aliphatic carbocycles. The molecule has 0 bridgehead atoms. The number of hydrogen-bond acceptors (Lipinski definition) is 4. The first-order chi connectivity index (χ1) is 14.1. The molecular weight excluding hydrogens is 384 g/mol. The predicted molar refractivity (Wildman–Crippen MR) is 120 cm³/mol. The molecule has 0 aromatic heterocycles. The van der Waals surface area contributed by atoms with Crippen LogP contribution in [-0.4, -0.2) is 43.9 Å². The predicted octanol–water partition coefficient (Wildman–Crippen LogP) is 4.14. The van der Waals surface area contributed by atoms with E-state index >= 15 is 0 Å². The molecule has 0 amide bonds. The van der Waals surface area contributed by atoms with Crippen molar-refractivity contribution in [2.75, 3.05) is 33.9 Å². The molecule has 29 heavy (non-hydrogen) atoms. The lowest BCUT2D eigenvalue weighted by atomic mass is 9.92. The lowest BCUT2D eigenvalue weighted by molar-refractivity contribution is 0.187. The van der Waals surface area contributed by atoms with Crippen molar-refractivity contribution in [3.05, 3.63) is 53.1 Å². The largest absolute Gasteiger partial charge is 0.493 e. The number of benzene rings is 2. The quantitative estimate of drug-likeness (QED) is 0.687. The van der Waals surface area contributed by atoms with E-state index in [-0.39, 0.29) is 6.04 Å². The van der Waals surface area contributed by atoms with Crippen LogP contribution >= 0.6 is 12.2 Å². The molecule has 0 saturated carbocycles. The Hall–Kier alpha value is -2.47. The second-order valence-electron chi connectivity index (χ2n) is 7.01. The van der Waals surface area contributed by atoms with Crippen LogP contribution in [0.25, 0.3) is 0 Å². The fourth-order valence-electron chi connectivity index (χ4n) is 3.70. The number of thiocarbonyl (C=S) groups is 1. The first-order valence-corrected chi connectivity index (χ1v) is 10.5. The molecule has 2 aromatic rings. The molecule has 0 spiro atoms. The van der Waals surface area contributed by atoms with Gasteiger partial charge in [0.2, 0.25) is 0 Å². The van der Waals surface area contributed by atoms with Crippen molar-refractivity contribution in [1.82, 2.24) is 10.2 Å². The van der Waals surface area contributed by atoms with Gasteiger partial charge in [0.1, 0.15) is 12.4 Å². The van der Waals surface area contributed by atoms with Gasteiger partial charge in [0, 0.05) is 13.1 Å². The van der Waals surface area contributed by atoms with Crippen molar-refractivity contribution in [2.45, 2.75) is 32.7 Å². The third kappa shape index (κ3) is 4.75. The summed E-state index contributed by atoms with van der Waals surface area (Å²) in [4.78, 5) is 2.22. The van der Waals surface area contributed by atoms with E-state index in [9.17, 15) is 0 Å². The van der Waals surface area contributed by atoms with Crippen molar-refractivity contribution in [3.8, 4) is 17.2 Å². The smallest absolute Gasteiger partial charge is 0.169 e. The van der Waals surface area contributed by atoms with Gasteiger partial charge in [0.25, 0.3) is 0 Å². The van der Waals surface area contributed by atoms with Gasteiger partial charge in [-0.3, -0.25) is 0 Å². The summed E-state index contributed by atoms with van der Waals surface area (Å²) < 4.78 is 17.2. The number of rotatable bonds is 7. The van der Waals surface area contributed by atoms with Gasteiger partial charge in [-0.1, -0.05) is 19.1 Å². The molecule has 5 nitrogen and oxygen atoms in total. The van der Waals surface area contributed by atoms with E-state index in [4.69, 9.17) is 26.4 Å². The summed E-state index contributed by atoms with van der Waals surface area (Å²) in [5.41, 5.74) is 3.71. The molecule has 0 unspecified atom stereocenters. The standard InChI is InChI=1S/C23H30N2O3S/c1-5-16-7-9-18(10-8-16)28-15-20-19-14-22(27-4)21(26-3)13-17(19)11-12-25(20)23(29)24-6-2/h7-10,13-14,20H,5-6,11-12,15H2,1-4H3,(H,24,29)/t20-/m1/s1. The monoisotopic (exact) mass is 414 g/mol. The maximum Gasteiger partial charge on any atom is 0.169 e. The summed E-state index contributed by atoms with van der Waals surface area (Å²) >= 11 is 5.66. The molecule has 0 saturated heterocycles. The van der Waals surface area contributed by atoms with E-state index in [0.717, 1.165) is 48.3 Å². The number of hydrogen-bond donors (Lipinski definition) is 1. The summed E-state index contributed by atoms with van der Waals surface area (Å²) in [5, 5.41) is 4.04. The summed E-state index contributed by atoms with van der Waals surface area (Å²) in [6.07, 6.45) is 1.91. The van der Waals surface area contributed by atoms with Crippen LogP contribution in [-0.2, 0) is 12.8 Å². The van der Waals surface area contributed by atoms with Crippen LogP contribution in [0.2, 0.25) is 0 Å². The lowest BCUT2D eigenvalue weighted by Crippen LogP contribution is -2.47. The average molecular weight is 415 g/mol. The fourth-order valence-corrected chi connectivity index (χ4v) is 4.06. The second-order valence-corrected chi connectivity index (χ2v) is 7.40. The average Bonchev–Trinajstić information content (AvgIpc) is 2.76. The molecule has 1 atom stereocenters. The molecule has 1 aliphatic heterocycles. The zero-order valence-electron chi connectivity index (χ0n) is 17.7. The Morgan fingerprint density at radius 1 is 1.10 bits per heavy atom. The van der Waals surface area contributed by atoms with Crippen LogP contribution in [0.1, 0.15) is 36.6 Å². The highest BCUT2D eigenvalue weighted by Crippen LogP contribution is 2.38. The van der Waals surface area contributed by atoms with Gasteiger partial charge < -0.3 is 24.4 Å². The number of nitrogens with zero attached hydrogens (tertiary/aromatic N) is 1. The third-order valence-corrected chi connectivity index (χ3v) is 5.71. The van der Waals surface area contributed by atoms with Crippen LogP contribution in [0.4, 0.5) is 0 Å². The van der Waals surface area contributed by atoms with Gasteiger partial charge in [-0.05, 0) is 72.9 Å². The Balaban J connectivity index is 1.90. The number of methoxy groups -OCH3 is 2. The summed E-state index contributed by atoms with van der Waals surface area (Å²) in [6, 6.07) is 12.4. The minimum Gasteiger partial charge on any atom is -0.493 e. The number of ether oxygens (including phenoxy) is 3. The van der Waals surface area contributed by atoms with Gasteiger partial charge in [-0.2, -0.15) is 0 Å². The van der Waals surface area contributed by atoms with Gasteiger partial charge in [-0.15, -0.1) is 0 Å². The van der Waals surface area contributed by atoms with Gasteiger partial charge in [0.05, 0.1) is 20.3 Å². The van der Waals surface area contributed by atoms with Gasteiger partial charge in [0.15, 0.2) is 16.6 Å². The van der Waals surface area contributed by atoms with Crippen molar-refractivity contribution < 1.29 is 14.2 Å². The number of nitrogens with one attached hydrogen (secondary N) is 1. The molecule has 0 fully saturated rings. The fraction of sp³-hybridized carbons (Fsp3) is 0.435. The minimum absolute atomic E-state index is 0.00374. The van der Waals surface area contributed by atoms with Gasteiger partial charge >= 0.3 is 0 Å². The third-order valence-electron chi connectivity index (χ3n) is 5.33. The topological polar surface area (TPSA) is 43.0 Å². The zero-order valence-corrected chi connectivity index (χ0v) is 18.5. The van der Waals surface area contributed by atoms with E-state index in [2.05, 4.69) is 48.3 Å². The van der Waals surface area contributed by atoms with E-state index < -0.39 is 0 Å². The van der Waals surface area contributed by atoms with E-state index in [1.165, 1.54) is 16.7 Å². The highest BCUT2D eigenvalue weighted by atomic mass is 32.1. The Kier molecular flexibility index (Phi) is 7.20. The minimum atomic E-state index is -0.00374. The van der Waals surface area contributed by atoms with Crippen LogP contribution in [0.3, 0.4) is 0 Å². The highest BCUT2D eigenvalue weighted by molar-refractivity contribution is 7.80. The molecule has 1 N–H and O–H groups in total. The molecule has 1 aliphatic rings. The summed E-state index contributed by atoms with van der Waals surface area (Å²) in [6.45, 7) is 6.33. The van der Waals surface area contributed by atoms with Crippen molar-refractivity contribution in [3.63, 3.8) is 0 Å². The Bertz CT molecular complexity index is 839. The first-order valence-electron chi connectivity index (χ1n) is 10.1. The van der Waals surface area contributed by atoms with Crippen LogP contribution < -0.4 is 19.5 Å². The summed E-state index contributed by atoms with van der Waals surface area (Å²) in [7, 11) is 3.33. The van der Waals surface area contributed by atoms with Crippen LogP contribution in [0.15, 0.2) is 36.4 Å².